The lowest BCUT2D eigenvalue weighted by Gasteiger charge is -2.17. The van der Waals surface area contributed by atoms with Gasteiger partial charge >= 0.3 is 0 Å². The standard InChI is InChI=1S/C10H15NO2S/c1-11(7-8-12)9-3-5-10(6-4-9)14(2)13/h3-6,12H,7-8H2,1-2H3. The van der Waals surface area contributed by atoms with Crippen molar-refractivity contribution in [3.63, 3.8) is 0 Å². The van der Waals surface area contributed by atoms with Gasteiger partial charge < -0.3 is 10.0 Å². The molecule has 0 aliphatic rings. The van der Waals surface area contributed by atoms with Crippen molar-refractivity contribution in [2.75, 3.05) is 31.4 Å². The van der Waals surface area contributed by atoms with Gasteiger partial charge in [-0.2, -0.15) is 0 Å². The summed E-state index contributed by atoms with van der Waals surface area (Å²) in [4.78, 5) is 2.77. The molecule has 0 aliphatic heterocycles. The number of hydrogen-bond acceptors (Lipinski definition) is 3. The molecular formula is C10H15NO2S. The summed E-state index contributed by atoms with van der Waals surface area (Å²) in [7, 11) is 0.989. The lowest BCUT2D eigenvalue weighted by atomic mass is 10.3. The summed E-state index contributed by atoms with van der Waals surface area (Å²) in [5.74, 6) is 0. The Morgan fingerprint density at radius 1 is 1.36 bits per heavy atom. The van der Waals surface area contributed by atoms with Gasteiger partial charge in [-0.05, 0) is 24.3 Å². The number of anilines is 1. The van der Waals surface area contributed by atoms with E-state index in [4.69, 9.17) is 5.11 Å². The Morgan fingerprint density at radius 3 is 2.36 bits per heavy atom. The number of likely N-dealkylation sites (N-methyl/N-ethyl adjacent to an activating group) is 1. The molecule has 1 N–H and O–H groups in total. The maximum Gasteiger partial charge on any atom is 0.0606 e. The highest BCUT2D eigenvalue weighted by Crippen LogP contribution is 2.14. The third-order valence-corrected chi connectivity index (χ3v) is 2.98. The molecule has 4 heteroatoms. The van der Waals surface area contributed by atoms with Crippen LogP contribution in [0.15, 0.2) is 29.2 Å². The van der Waals surface area contributed by atoms with Crippen molar-refractivity contribution in [1.82, 2.24) is 0 Å². The molecule has 78 valence electrons. The summed E-state index contributed by atoms with van der Waals surface area (Å²) in [6.07, 6.45) is 1.66. The van der Waals surface area contributed by atoms with Crippen molar-refractivity contribution >= 4 is 16.5 Å². The van der Waals surface area contributed by atoms with Crippen LogP contribution in [0, 0.1) is 0 Å². The monoisotopic (exact) mass is 213 g/mol. The van der Waals surface area contributed by atoms with Gasteiger partial charge in [-0.1, -0.05) is 0 Å². The van der Waals surface area contributed by atoms with Crippen molar-refractivity contribution in [3.05, 3.63) is 24.3 Å². The molecule has 1 rings (SSSR count). The third kappa shape index (κ3) is 2.82. The van der Waals surface area contributed by atoms with Crippen molar-refractivity contribution in [2.24, 2.45) is 0 Å². The Kier molecular flexibility index (Phi) is 4.10. The molecule has 0 heterocycles. The second-order valence-electron chi connectivity index (χ2n) is 3.09. The quantitative estimate of drug-likeness (QED) is 0.806. The van der Waals surface area contributed by atoms with Crippen LogP contribution in [0.5, 0.6) is 0 Å². The van der Waals surface area contributed by atoms with Gasteiger partial charge in [0.05, 0.1) is 6.61 Å². The van der Waals surface area contributed by atoms with Crippen LogP contribution in [0.25, 0.3) is 0 Å². The van der Waals surface area contributed by atoms with E-state index in [9.17, 15) is 4.21 Å². The van der Waals surface area contributed by atoms with Crippen molar-refractivity contribution in [2.45, 2.75) is 4.90 Å². The number of nitrogens with zero attached hydrogens (tertiary/aromatic N) is 1. The predicted molar refractivity (Wildman–Crippen MR) is 59.1 cm³/mol. The van der Waals surface area contributed by atoms with Gasteiger partial charge in [-0.25, -0.2) is 0 Å². The van der Waals surface area contributed by atoms with Crippen LogP contribution in [-0.4, -0.2) is 35.8 Å². The second-order valence-corrected chi connectivity index (χ2v) is 4.47. The molecule has 1 atom stereocenters. The van der Waals surface area contributed by atoms with Gasteiger partial charge in [0.25, 0.3) is 0 Å². The van der Waals surface area contributed by atoms with Gasteiger partial charge in [0, 0.05) is 41.2 Å². The summed E-state index contributed by atoms with van der Waals surface area (Å²) >= 11 is 0. The molecule has 3 nitrogen and oxygen atoms in total. The summed E-state index contributed by atoms with van der Waals surface area (Å²) in [5.41, 5.74) is 1.02. The molecule has 0 spiro atoms. The minimum absolute atomic E-state index is 0.137. The van der Waals surface area contributed by atoms with Crippen LogP contribution in [0.1, 0.15) is 0 Å². The molecule has 0 aliphatic carbocycles. The average molecular weight is 213 g/mol. The molecule has 0 bridgehead atoms. The first-order chi connectivity index (χ1) is 6.65. The first-order valence-electron chi connectivity index (χ1n) is 4.40. The maximum atomic E-state index is 11.1. The normalized spacial score (nSPS) is 12.5. The van der Waals surface area contributed by atoms with Gasteiger partial charge in [0.15, 0.2) is 0 Å². The zero-order valence-electron chi connectivity index (χ0n) is 8.43. The number of benzene rings is 1. The largest absolute Gasteiger partial charge is 0.395 e. The third-order valence-electron chi connectivity index (χ3n) is 2.04. The fourth-order valence-corrected chi connectivity index (χ4v) is 1.69. The summed E-state index contributed by atoms with van der Waals surface area (Å²) < 4.78 is 11.1. The lowest BCUT2D eigenvalue weighted by molar-refractivity contribution is 0.304. The van der Waals surface area contributed by atoms with Crippen LogP contribution < -0.4 is 4.90 Å². The smallest absolute Gasteiger partial charge is 0.0606 e. The molecule has 0 radical (unpaired) electrons. The van der Waals surface area contributed by atoms with E-state index < -0.39 is 10.8 Å². The Hall–Kier alpha value is -0.870. The van der Waals surface area contributed by atoms with Gasteiger partial charge in [0.2, 0.25) is 0 Å². The molecule has 0 saturated carbocycles. The zero-order chi connectivity index (χ0) is 10.6. The number of hydrogen-bond donors (Lipinski definition) is 1. The molecule has 0 amide bonds. The number of aliphatic hydroxyl groups excluding tert-OH is 1. The molecule has 1 unspecified atom stereocenters. The van der Waals surface area contributed by atoms with Crippen LogP contribution in [0.3, 0.4) is 0 Å². The summed E-state index contributed by atoms with van der Waals surface area (Å²) in [5, 5.41) is 8.75. The first kappa shape index (κ1) is 11.2. The highest BCUT2D eigenvalue weighted by Gasteiger charge is 2.01. The molecular weight excluding hydrogens is 198 g/mol. The average Bonchev–Trinajstić information content (AvgIpc) is 2.18. The lowest BCUT2D eigenvalue weighted by Crippen LogP contribution is -2.20. The molecule has 1 aromatic rings. The molecule has 1 aromatic carbocycles. The first-order valence-corrected chi connectivity index (χ1v) is 5.96. The number of aliphatic hydroxyl groups is 1. The fraction of sp³-hybridized carbons (Fsp3) is 0.400. The van der Waals surface area contributed by atoms with Crippen molar-refractivity contribution < 1.29 is 9.32 Å². The Bertz CT molecular complexity index is 310. The molecule has 14 heavy (non-hydrogen) atoms. The minimum Gasteiger partial charge on any atom is -0.395 e. The maximum absolute atomic E-state index is 11.1. The zero-order valence-corrected chi connectivity index (χ0v) is 9.25. The summed E-state index contributed by atoms with van der Waals surface area (Å²) in [6, 6.07) is 7.51. The van der Waals surface area contributed by atoms with Gasteiger partial charge in [-0.15, -0.1) is 0 Å². The Morgan fingerprint density at radius 2 is 1.93 bits per heavy atom. The Balaban J connectivity index is 2.77. The van der Waals surface area contributed by atoms with E-state index in [2.05, 4.69) is 0 Å². The van der Waals surface area contributed by atoms with E-state index in [0.717, 1.165) is 10.6 Å². The molecule has 0 aromatic heterocycles. The fourth-order valence-electron chi connectivity index (χ4n) is 1.17. The van der Waals surface area contributed by atoms with E-state index in [1.54, 1.807) is 6.26 Å². The molecule has 0 saturated heterocycles. The van der Waals surface area contributed by atoms with E-state index in [0.29, 0.717) is 6.54 Å². The highest BCUT2D eigenvalue weighted by molar-refractivity contribution is 7.84. The highest BCUT2D eigenvalue weighted by atomic mass is 32.2. The minimum atomic E-state index is -0.922. The van der Waals surface area contributed by atoms with E-state index >= 15 is 0 Å². The molecule has 0 fully saturated rings. The Labute approximate surface area is 86.8 Å². The van der Waals surface area contributed by atoms with Gasteiger partial charge in [0.1, 0.15) is 0 Å². The van der Waals surface area contributed by atoms with Crippen molar-refractivity contribution in [1.29, 1.82) is 0 Å². The van der Waals surface area contributed by atoms with E-state index in [-0.39, 0.29) is 6.61 Å². The van der Waals surface area contributed by atoms with Crippen LogP contribution in [0.2, 0.25) is 0 Å². The van der Waals surface area contributed by atoms with E-state index in [1.165, 1.54) is 0 Å². The van der Waals surface area contributed by atoms with Crippen LogP contribution in [0.4, 0.5) is 5.69 Å². The predicted octanol–water partition coefficient (Wildman–Crippen LogP) is 0.853. The topological polar surface area (TPSA) is 40.5 Å². The second kappa shape index (κ2) is 5.12. The summed E-state index contributed by atoms with van der Waals surface area (Å²) in [6.45, 7) is 0.743. The SMILES string of the molecule is CN(CCO)c1ccc(S(C)=O)cc1. The van der Waals surface area contributed by atoms with E-state index in [1.807, 2.05) is 36.2 Å². The van der Waals surface area contributed by atoms with Crippen LogP contribution in [-0.2, 0) is 10.8 Å². The van der Waals surface area contributed by atoms with Crippen molar-refractivity contribution in [3.8, 4) is 0 Å². The number of rotatable bonds is 4. The van der Waals surface area contributed by atoms with Crippen LogP contribution >= 0.6 is 0 Å². The van der Waals surface area contributed by atoms with Gasteiger partial charge in [-0.3, -0.25) is 4.21 Å².